The molecular formula is C8H12N4O4S. The zero-order valence-electron chi connectivity index (χ0n) is 8.87. The zero-order chi connectivity index (χ0) is 12.9. The number of pyridine rings is 1. The maximum absolute atomic E-state index is 11.6. The SMILES string of the molecule is NCCCNS(=O)(=O)c1ccc([N+](=O)[O-])nc1. The molecule has 0 aromatic carbocycles. The molecule has 1 rings (SSSR count). The van der Waals surface area contributed by atoms with Crippen LogP contribution < -0.4 is 10.5 Å². The van der Waals surface area contributed by atoms with E-state index < -0.39 is 20.8 Å². The van der Waals surface area contributed by atoms with Crippen molar-refractivity contribution in [2.75, 3.05) is 13.1 Å². The molecule has 17 heavy (non-hydrogen) atoms. The van der Waals surface area contributed by atoms with Gasteiger partial charge in [0.2, 0.25) is 10.0 Å². The van der Waals surface area contributed by atoms with Crippen molar-refractivity contribution in [2.45, 2.75) is 11.3 Å². The van der Waals surface area contributed by atoms with Gasteiger partial charge in [0, 0.05) is 12.6 Å². The van der Waals surface area contributed by atoms with Crippen LogP contribution in [0.1, 0.15) is 6.42 Å². The molecular weight excluding hydrogens is 248 g/mol. The fourth-order valence-electron chi connectivity index (χ4n) is 1.03. The van der Waals surface area contributed by atoms with E-state index in [9.17, 15) is 18.5 Å². The molecule has 0 aliphatic carbocycles. The van der Waals surface area contributed by atoms with E-state index in [0.29, 0.717) is 13.0 Å². The highest BCUT2D eigenvalue weighted by atomic mass is 32.2. The number of nitrogens with zero attached hydrogens (tertiary/aromatic N) is 2. The number of rotatable bonds is 6. The Morgan fingerprint density at radius 1 is 1.47 bits per heavy atom. The first-order valence-electron chi connectivity index (χ1n) is 4.77. The smallest absolute Gasteiger partial charge is 0.358 e. The third kappa shape index (κ3) is 3.73. The van der Waals surface area contributed by atoms with Crippen molar-refractivity contribution in [3.05, 3.63) is 28.4 Å². The third-order valence-corrected chi connectivity index (χ3v) is 3.34. The van der Waals surface area contributed by atoms with E-state index >= 15 is 0 Å². The van der Waals surface area contributed by atoms with Gasteiger partial charge in [-0.1, -0.05) is 0 Å². The molecule has 1 heterocycles. The van der Waals surface area contributed by atoms with E-state index in [1.807, 2.05) is 0 Å². The predicted molar refractivity (Wildman–Crippen MR) is 59.8 cm³/mol. The second kappa shape index (κ2) is 5.66. The van der Waals surface area contributed by atoms with Crippen molar-refractivity contribution in [1.82, 2.24) is 9.71 Å². The summed E-state index contributed by atoms with van der Waals surface area (Å²) in [5, 5.41) is 10.3. The summed E-state index contributed by atoms with van der Waals surface area (Å²) in [6.45, 7) is 0.594. The van der Waals surface area contributed by atoms with Crippen LogP contribution in [-0.2, 0) is 10.0 Å². The van der Waals surface area contributed by atoms with Gasteiger partial charge in [-0.05, 0) is 28.9 Å². The summed E-state index contributed by atoms with van der Waals surface area (Å²) in [5.41, 5.74) is 5.23. The average Bonchev–Trinajstić information content (AvgIpc) is 2.29. The Bertz CT molecular complexity index is 485. The highest BCUT2D eigenvalue weighted by Gasteiger charge is 2.17. The Kier molecular flexibility index (Phi) is 4.49. The summed E-state index contributed by atoms with van der Waals surface area (Å²) in [5.74, 6) is -0.397. The van der Waals surface area contributed by atoms with Crippen LogP contribution in [0.2, 0.25) is 0 Å². The number of nitrogens with two attached hydrogens (primary N) is 1. The minimum absolute atomic E-state index is 0.111. The Hall–Kier alpha value is -1.58. The molecule has 0 saturated carbocycles. The van der Waals surface area contributed by atoms with Gasteiger partial charge in [0.25, 0.3) is 0 Å². The van der Waals surface area contributed by atoms with Gasteiger partial charge in [0.05, 0.1) is 0 Å². The number of nitro groups is 1. The predicted octanol–water partition coefficient (Wildman–Crippen LogP) is -0.383. The number of aromatic nitrogens is 1. The van der Waals surface area contributed by atoms with E-state index in [1.54, 1.807) is 0 Å². The molecule has 0 spiro atoms. The summed E-state index contributed by atoms with van der Waals surface area (Å²) in [7, 11) is -3.67. The minimum atomic E-state index is -3.67. The van der Waals surface area contributed by atoms with Gasteiger partial charge in [-0.3, -0.25) is 0 Å². The standard InChI is InChI=1S/C8H12N4O4S/c9-4-1-5-11-17(15,16)7-2-3-8(10-6-7)12(13)14/h2-3,6,11H,1,4-5,9H2. The van der Waals surface area contributed by atoms with Gasteiger partial charge in [-0.25, -0.2) is 13.1 Å². The van der Waals surface area contributed by atoms with Crippen molar-refractivity contribution >= 4 is 15.8 Å². The molecule has 3 N–H and O–H groups in total. The molecule has 0 amide bonds. The van der Waals surface area contributed by atoms with Crippen molar-refractivity contribution in [3.8, 4) is 0 Å². The topological polar surface area (TPSA) is 128 Å². The van der Waals surface area contributed by atoms with E-state index in [0.717, 1.165) is 18.3 Å². The van der Waals surface area contributed by atoms with Crippen LogP contribution in [-0.4, -0.2) is 31.4 Å². The molecule has 0 bridgehead atoms. The number of hydrogen-bond donors (Lipinski definition) is 2. The van der Waals surface area contributed by atoms with Crippen molar-refractivity contribution in [1.29, 1.82) is 0 Å². The summed E-state index contributed by atoms with van der Waals surface area (Å²) in [6, 6.07) is 2.17. The Balaban J connectivity index is 2.81. The maximum Gasteiger partial charge on any atom is 0.363 e. The second-order valence-corrected chi connectivity index (χ2v) is 4.92. The van der Waals surface area contributed by atoms with Crippen molar-refractivity contribution < 1.29 is 13.3 Å². The van der Waals surface area contributed by atoms with E-state index in [-0.39, 0.29) is 11.4 Å². The summed E-state index contributed by atoms with van der Waals surface area (Å²) in [6.07, 6.45) is 1.46. The van der Waals surface area contributed by atoms with Gasteiger partial charge >= 0.3 is 5.82 Å². The lowest BCUT2D eigenvalue weighted by Crippen LogP contribution is -2.26. The average molecular weight is 260 g/mol. The quantitative estimate of drug-likeness (QED) is 0.407. The van der Waals surface area contributed by atoms with Gasteiger partial charge in [-0.2, -0.15) is 0 Å². The Labute approximate surface area is 98.0 Å². The molecule has 0 aliphatic rings. The molecule has 1 aromatic heterocycles. The van der Waals surface area contributed by atoms with Crippen molar-refractivity contribution in [2.24, 2.45) is 5.73 Å². The molecule has 8 nitrogen and oxygen atoms in total. The molecule has 94 valence electrons. The van der Waals surface area contributed by atoms with Crippen LogP contribution in [0, 0.1) is 10.1 Å². The molecule has 0 saturated heterocycles. The number of hydrogen-bond acceptors (Lipinski definition) is 6. The van der Waals surface area contributed by atoms with Crippen LogP contribution in [0.25, 0.3) is 0 Å². The molecule has 0 aliphatic heterocycles. The third-order valence-electron chi connectivity index (χ3n) is 1.89. The van der Waals surface area contributed by atoms with Crippen molar-refractivity contribution in [3.63, 3.8) is 0 Å². The Morgan fingerprint density at radius 3 is 2.65 bits per heavy atom. The Morgan fingerprint density at radius 2 is 2.18 bits per heavy atom. The molecule has 1 aromatic rings. The first-order chi connectivity index (χ1) is 7.97. The monoisotopic (exact) mass is 260 g/mol. The highest BCUT2D eigenvalue weighted by molar-refractivity contribution is 7.89. The fraction of sp³-hybridized carbons (Fsp3) is 0.375. The first kappa shape index (κ1) is 13.5. The first-order valence-corrected chi connectivity index (χ1v) is 6.26. The zero-order valence-corrected chi connectivity index (χ0v) is 9.68. The summed E-state index contributed by atoms with van der Waals surface area (Å²) in [4.78, 5) is 13.0. The van der Waals surface area contributed by atoms with Gasteiger partial charge in [0.15, 0.2) is 6.20 Å². The van der Waals surface area contributed by atoms with Crippen LogP contribution in [0.5, 0.6) is 0 Å². The molecule has 9 heteroatoms. The normalized spacial score (nSPS) is 11.4. The largest absolute Gasteiger partial charge is 0.363 e. The molecule has 0 radical (unpaired) electrons. The highest BCUT2D eigenvalue weighted by Crippen LogP contribution is 2.11. The van der Waals surface area contributed by atoms with Gasteiger partial charge in [0.1, 0.15) is 4.90 Å². The summed E-state index contributed by atoms with van der Waals surface area (Å²) < 4.78 is 25.6. The van der Waals surface area contributed by atoms with Crippen LogP contribution in [0.4, 0.5) is 5.82 Å². The molecule has 0 unspecified atom stereocenters. The lowest BCUT2D eigenvalue weighted by atomic mass is 10.4. The molecule has 0 fully saturated rings. The lowest BCUT2D eigenvalue weighted by Gasteiger charge is -2.03. The lowest BCUT2D eigenvalue weighted by molar-refractivity contribution is -0.389. The summed E-state index contributed by atoms with van der Waals surface area (Å²) >= 11 is 0. The second-order valence-electron chi connectivity index (χ2n) is 3.15. The van der Waals surface area contributed by atoms with E-state index in [2.05, 4.69) is 9.71 Å². The van der Waals surface area contributed by atoms with E-state index in [1.165, 1.54) is 0 Å². The van der Waals surface area contributed by atoms with Gasteiger partial charge in [-0.15, -0.1) is 0 Å². The molecule has 0 atom stereocenters. The van der Waals surface area contributed by atoms with Crippen LogP contribution in [0.15, 0.2) is 23.2 Å². The van der Waals surface area contributed by atoms with E-state index in [4.69, 9.17) is 5.73 Å². The number of sulfonamides is 1. The minimum Gasteiger partial charge on any atom is -0.358 e. The maximum atomic E-state index is 11.6. The fourth-order valence-corrected chi connectivity index (χ4v) is 2.05. The van der Waals surface area contributed by atoms with Crippen LogP contribution in [0.3, 0.4) is 0 Å². The van der Waals surface area contributed by atoms with Gasteiger partial charge < -0.3 is 15.8 Å². The number of nitrogens with one attached hydrogen (secondary N) is 1. The van der Waals surface area contributed by atoms with Crippen LogP contribution >= 0.6 is 0 Å².